The van der Waals surface area contributed by atoms with Gasteiger partial charge < -0.3 is 40.4 Å². The van der Waals surface area contributed by atoms with Crippen molar-refractivity contribution in [3.05, 3.63) is 72.0 Å². The largest absolute Gasteiger partial charge is 0.459 e. The number of nitrogens with one attached hydrogen (secondary N) is 2. The van der Waals surface area contributed by atoms with Crippen molar-refractivity contribution in [3.63, 3.8) is 0 Å². The number of hydrogen-bond donors (Lipinski definition) is 4. The Bertz CT molecular complexity index is 1100. The van der Waals surface area contributed by atoms with Gasteiger partial charge in [0.25, 0.3) is 5.91 Å². The van der Waals surface area contributed by atoms with E-state index in [9.17, 15) is 9.59 Å². The Labute approximate surface area is 242 Å². The fourth-order valence-electron chi connectivity index (χ4n) is 4.62. The number of amides is 2. The molecule has 0 radical (unpaired) electrons. The van der Waals surface area contributed by atoms with Crippen molar-refractivity contribution in [1.29, 1.82) is 0 Å². The summed E-state index contributed by atoms with van der Waals surface area (Å²) in [4.78, 5) is 25.3. The Morgan fingerprint density at radius 1 is 0.976 bits per heavy atom. The lowest BCUT2D eigenvalue weighted by atomic mass is 9.81. The third-order valence-corrected chi connectivity index (χ3v) is 6.68. The van der Waals surface area contributed by atoms with Crippen molar-refractivity contribution in [2.45, 2.75) is 44.8 Å². The van der Waals surface area contributed by atoms with Crippen LogP contribution in [0.5, 0.6) is 0 Å². The van der Waals surface area contributed by atoms with Crippen LogP contribution in [-0.2, 0) is 28.5 Å². The number of rotatable bonds is 18. The molecule has 1 aliphatic heterocycles. The number of unbranched alkanes of at least 4 members (excludes halogenated alkanes) is 1. The Hall–Kier alpha value is -3.44. The molecule has 2 aromatic rings. The molecule has 0 unspecified atom stereocenters. The summed E-state index contributed by atoms with van der Waals surface area (Å²) in [7, 11) is 0. The molecule has 1 aliphatic rings. The van der Waals surface area contributed by atoms with Gasteiger partial charge in [-0.15, -0.1) is 0 Å². The molecule has 2 aromatic carbocycles. The van der Waals surface area contributed by atoms with E-state index in [4.69, 9.17) is 29.8 Å². The Morgan fingerprint density at radius 2 is 1.71 bits per heavy atom. The summed E-state index contributed by atoms with van der Waals surface area (Å²) in [5, 5.41) is 14.5. The number of hydrogen-bond acceptors (Lipinski definition) is 8. The highest BCUT2D eigenvalue weighted by molar-refractivity contribution is 5.93. The molecule has 10 nitrogen and oxygen atoms in total. The van der Waals surface area contributed by atoms with Crippen LogP contribution in [0.2, 0.25) is 0 Å². The standard InChI is InChI=1S/C31H43N3O7/c1-2-40-31-24(15-18-38-20-21-39-19-17-35)25(23-10-4-3-5-11-23)22-28(41-31)30(37)33-16-9-8-14-29(36)34-27-13-7-6-12-26(27)32/h3-7,10-13,22,24-25,31,35H,2,8-9,14-21,32H2,1H3,(H,33,37)(H,34,36)/t24-,25+,31+/m0/s1. The van der Waals surface area contributed by atoms with Crippen LogP contribution in [0.25, 0.3) is 0 Å². The van der Waals surface area contributed by atoms with E-state index in [0.29, 0.717) is 70.0 Å². The van der Waals surface area contributed by atoms with E-state index in [1.54, 1.807) is 12.1 Å². The van der Waals surface area contributed by atoms with E-state index in [1.807, 2.05) is 55.5 Å². The van der Waals surface area contributed by atoms with Gasteiger partial charge in [0.15, 0.2) is 5.76 Å². The molecule has 0 fully saturated rings. The highest BCUT2D eigenvalue weighted by Gasteiger charge is 2.37. The second-order valence-electron chi connectivity index (χ2n) is 9.66. The van der Waals surface area contributed by atoms with Crippen molar-refractivity contribution in [2.75, 3.05) is 57.2 Å². The lowest BCUT2D eigenvalue weighted by molar-refractivity contribution is -0.168. The number of benzene rings is 2. The average molecular weight is 570 g/mol. The quantitative estimate of drug-likeness (QED) is 0.158. The molecule has 0 spiro atoms. The number of nitrogen functional groups attached to an aromatic ring is 1. The van der Waals surface area contributed by atoms with Gasteiger partial charge in [-0.1, -0.05) is 42.5 Å². The second-order valence-corrected chi connectivity index (χ2v) is 9.66. The van der Waals surface area contributed by atoms with E-state index in [1.165, 1.54) is 0 Å². The predicted molar refractivity (Wildman–Crippen MR) is 157 cm³/mol. The van der Waals surface area contributed by atoms with Gasteiger partial charge in [0.2, 0.25) is 12.2 Å². The first-order valence-electron chi connectivity index (χ1n) is 14.3. The molecule has 3 rings (SSSR count). The molecule has 0 saturated heterocycles. The molecular formula is C31H43N3O7. The number of nitrogens with two attached hydrogens (primary N) is 1. The van der Waals surface area contributed by atoms with Gasteiger partial charge in [-0.2, -0.15) is 0 Å². The molecule has 10 heteroatoms. The molecule has 224 valence electrons. The molecule has 2 amide bonds. The fourth-order valence-corrected chi connectivity index (χ4v) is 4.62. The lowest BCUT2D eigenvalue weighted by Gasteiger charge is -2.37. The number of aliphatic hydroxyl groups excluding tert-OH is 1. The van der Waals surface area contributed by atoms with Crippen molar-refractivity contribution in [3.8, 4) is 0 Å². The molecule has 5 N–H and O–H groups in total. The smallest absolute Gasteiger partial charge is 0.286 e. The molecule has 3 atom stereocenters. The van der Waals surface area contributed by atoms with Gasteiger partial charge in [-0.05, 0) is 50.0 Å². The van der Waals surface area contributed by atoms with E-state index in [-0.39, 0.29) is 42.6 Å². The lowest BCUT2D eigenvalue weighted by Crippen LogP contribution is -2.39. The third kappa shape index (κ3) is 10.8. The zero-order valence-corrected chi connectivity index (χ0v) is 23.8. The molecule has 0 aromatic heterocycles. The molecular weight excluding hydrogens is 526 g/mol. The summed E-state index contributed by atoms with van der Waals surface area (Å²) < 4.78 is 23.0. The van der Waals surface area contributed by atoms with E-state index >= 15 is 0 Å². The van der Waals surface area contributed by atoms with Crippen LogP contribution in [0.4, 0.5) is 11.4 Å². The van der Waals surface area contributed by atoms with E-state index in [0.717, 1.165) is 5.56 Å². The predicted octanol–water partition coefficient (Wildman–Crippen LogP) is 3.59. The number of ether oxygens (including phenoxy) is 4. The Morgan fingerprint density at radius 3 is 2.44 bits per heavy atom. The molecule has 41 heavy (non-hydrogen) atoms. The zero-order chi connectivity index (χ0) is 29.3. The highest BCUT2D eigenvalue weighted by atomic mass is 16.7. The summed E-state index contributed by atoms with van der Waals surface area (Å²) >= 11 is 0. The zero-order valence-electron chi connectivity index (χ0n) is 23.8. The number of aliphatic hydroxyl groups is 1. The normalized spacial score (nSPS) is 18.3. The van der Waals surface area contributed by atoms with Crippen molar-refractivity contribution in [1.82, 2.24) is 5.32 Å². The number of anilines is 2. The van der Waals surface area contributed by atoms with Crippen molar-refractivity contribution in [2.24, 2.45) is 5.92 Å². The van der Waals surface area contributed by atoms with Gasteiger partial charge in [0.1, 0.15) is 0 Å². The maximum atomic E-state index is 13.1. The highest BCUT2D eigenvalue weighted by Crippen LogP contribution is 2.38. The molecule has 0 saturated carbocycles. The minimum Gasteiger partial charge on any atom is -0.459 e. The SMILES string of the molecule is CCO[C@@H]1OC(C(=O)NCCCCC(=O)Nc2ccccc2N)=C[C@H](c2ccccc2)[C@@H]1CCOCCOCCO. The van der Waals surface area contributed by atoms with Crippen LogP contribution >= 0.6 is 0 Å². The topological polar surface area (TPSA) is 141 Å². The summed E-state index contributed by atoms with van der Waals surface area (Å²) in [6, 6.07) is 17.1. The van der Waals surface area contributed by atoms with E-state index in [2.05, 4.69) is 10.6 Å². The van der Waals surface area contributed by atoms with Gasteiger partial charge in [-0.3, -0.25) is 9.59 Å². The van der Waals surface area contributed by atoms with Crippen molar-refractivity contribution >= 4 is 23.2 Å². The third-order valence-electron chi connectivity index (χ3n) is 6.68. The Balaban J connectivity index is 1.54. The number of carbonyl (C=O) groups excluding carboxylic acids is 2. The minimum absolute atomic E-state index is 0.0156. The maximum Gasteiger partial charge on any atom is 0.286 e. The first kappa shape index (κ1) is 32.1. The van der Waals surface area contributed by atoms with Crippen LogP contribution in [0.1, 0.15) is 44.1 Å². The van der Waals surface area contributed by atoms with Crippen LogP contribution in [0.3, 0.4) is 0 Å². The summed E-state index contributed by atoms with van der Waals surface area (Å²) in [5.41, 5.74) is 8.06. The van der Waals surface area contributed by atoms with Crippen LogP contribution in [-0.4, -0.2) is 69.4 Å². The summed E-state index contributed by atoms with van der Waals surface area (Å²) in [6.45, 7) is 4.32. The molecule has 0 aliphatic carbocycles. The number of carbonyl (C=O) groups is 2. The first-order valence-corrected chi connectivity index (χ1v) is 14.3. The molecule has 0 bridgehead atoms. The van der Waals surface area contributed by atoms with Crippen LogP contribution < -0.4 is 16.4 Å². The summed E-state index contributed by atoms with van der Waals surface area (Å²) in [5.74, 6) is -0.377. The van der Waals surface area contributed by atoms with Gasteiger partial charge in [0, 0.05) is 38.0 Å². The number of para-hydroxylation sites is 2. The van der Waals surface area contributed by atoms with Crippen molar-refractivity contribution < 1.29 is 33.6 Å². The summed E-state index contributed by atoms with van der Waals surface area (Å²) in [6.07, 6.45) is 3.48. The van der Waals surface area contributed by atoms with Gasteiger partial charge in [0.05, 0.1) is 37.8 Å². The van der Waals surface area contributed by atoms with Crippen LogP contribution in [0.15, 0.2) is 66.4 Å². The maximum absolute atomic E-state index is 13.1. The fraction of sp³-hybridized carbons (Fsp3) is 0.484. The van der Waals surface area contributed by atoms with Gasteiger partial charge in [-0.25, -0.2) is 0 Å². The van der Waals surface area contributed by atoms with E-state index < -0.39 is 6.29 Å². The second kappa shape index (κ2) is 18.1. The first-order chi connectivity index (χ1) is 20.0. The van der Waals surface area contributed by atoms with Crippen LogP contribution in [0, 0.1) is 5.92 Å². The average Bonchev–Trinajstić information content (AvgIpc) is 2.98. The molecule has 1 heterocycles. The van der Waals surface area contributed by atoms with Gasteiger partial charge >= 0.3 is 0 Å². The Kier molecular flexibility index (Phi) is 14.2. The number of allylic oxidation sites excluding steroid dienone is 1. The monoisotopic (exact) mass is 569 g/mol. The minimum atomic E-state index is -0.612.